The number of carbonyl (C=O) groups excluding carboxylic acids is 2. The van der Waals surface area contributed by atoms with Crippen molar-refractivity contribution in [3.63, 3.8) is 0 Å². The van der Waals surface area contributed by atoms with Crippen LogP contribution in [0.25, 0.3) is 0 Å². The molecule has 2 atom stereocenters. The van der Waals surface area contributed by atoms with E-state index in [1.165, 1.54) is 17.5 Å². The van der Waals surface area contributed by atoms with Crippen molar-refractivity contribution >= 4 is 17.6 Å². The number of β-amino-alcohol motifs (C(OH)–C–C–N with tert-alkyl or cyclic N) is 1. The first kappa shape index (κ1) is 22.7. The lowest BCUT2D eigenvalue weighted by Crippen LogP contribution is -2.45. The summed E-state index contributed by atoms with van der Waals surface area (Å²) in [6.07, 6.45) is 3.46. The van der Waals surface area contributed by atoms with E-state index in [0.29, 0.717) is 24.6 Å². The van der Waals surface area contributed by atoms with E-state index in [2.05, 4.69) is 44.5 Å². The number of anilines is 1. The number of piperidine rings is 1. The molecule has 2 unspecified atom stereocenters. The van der Waals surface area contributed by atoms with E-state index >= 15 is 0 Å². The lowest BCUT2D eigenvalue weighted by molar-refractivity contribution is -0.129. The van der Waals surface area contributed by atoms with Crippen molar-refractivity contribution in [2.45, 2.75) is 50.9 Å². The number of hydrogen-bond donors (Lipinski definition) is 2. The van der Waals surface area contributed by atoms with Crippen molar-refractivity contribution in [3.05, 3.63) is 53.5 Å². The van der Waals surface area contributed by atoms with Crippen LogP contribution in [0, 0.1) is 0 Å². The zero-order valence-corrected chi connectivity index (χ0v) is 19.6. The van der Waals surface area contributed by atoms with Gasteiger partial charge in [-0.25, -0.2) is 9.97 Å². The first-order valence-corrected chi connectivity index (χ1v) is 12.1. The number of carbonyl (C=O) groups is 2. The highest BCUT2D eigenvalue weighted by Gasteiger charge is 2.39. The standard InChI is InChI=1S/C25H32N6O3/c1-17(32)29-10-7-20(8-11-29)28-24-12-21(26-16-27-24)25(34)31-14-22(23(33)15-31)30-9-6-18-4-2-3-5-19(18)13-30/h2-5,12,16,20,22-23,33H,6-11,13-15H2,1H3,(H,26,27,28). The van der Waals surface area contributed by atoms with Crippen LogP contribution in [0.5, 0.6) is 0 Å². The molecule has 0 spiro atoms. The molecule has 2 fully saturated rings. The average molecular weight is 465 g/mol. The van der Waals surface area contributed by atoms with Crippen molar-refractivity contribution in [1.29, 1.82) is 0 Å². The molecule has 0 bridgehead atoms. The first-order chi connectivity index (χ1) is 16.5. The summed E-state index contributed by atoms with van der Waals surface area (Å²) in [4.78, 5) is 39.1. The molecule has 9 nitrogen and oxygen atoms in total. The van der Waals surface area contributed by atoms with Crippen molar-refractivity contribution in [3.8, 4) is 0 Å². The minimum absolute atomic E-state index is 0.0804. The SMILES string of the molecule is CC(=O)N1CCC(Nc2cc(C(=O)N3CC(O)C(N4CCc5ccccc5C4)C3)ncn2)CC1. The molecule has 0 aliphatic carbocycles. The summed E-state index contributed by atoms with van der Waals surface area (Å²) < 4.78 is 0. The third kappa shape index (κ3) is 4.76. The lowest BCUT2D eigenvalue weighted by Gasteiger charge is -2.34. The smallest absolute Gasteiger partial charge is 0.272 e. The second kappa shape index (κ2) is 9.68. The van der Waals surface area contributed by atoms with Crippen LogP contribution in [-0.4, -0.2) is 92.5 Å². The molecule has 5 rings (SSSR count). The van der Waals surface area contributed by atoms with Crippen LogP contribution in [0.1, 0.15) is 41.4 Å². The number of aliphatic hydroxyl groups is 1. The molecule has 4 heterocycles. The Bertz CT molecular complexity index is 1050. The molecule has 1 aromatic carbocycles. The predicted octanol–water partition coefficient (Wildman–Crippen LogP) is 1.14. The Balaban J connectivity index is 1.20. The second-order valence-electron chi connectivity index (χ2n) is 9.55. The number of rotatable bonds is 4. The summed E-state index contributed by atoms with van der Waals surface area (Å²) in [5, 5.41) is 14.2. The number of amides is 2. The van der Waals surface area contributed by atoms with Gasteiger partial charge in [-0.15, -0.1) is 0 Å². The van der Waals surface area contributed by atoms with Gasteiger partial charge in [-0.3, -0.25) is 14.5 Å². The molecular weight excluding hydrogens is 432 g/mol. The van der Waals surface area contributed by atoms with Gasteiger partial charge in [0.15, 0.2) is 0 Å². The van der Waals surface area contributed by atoms with E-state index in [1.807, 2.05) is 4.90 Å². The van der Waals surface area contributed by atoms with E-state index in [0.717, 1.165) is 45.4 Å². The van der Waals surface area contributed by atoms with E-state index in [9.17, 15) is 14.7 Å². The number of benzene rings is 1. The van der Waals surface area contributed by atoms with Crippen LogP contribution in [0.4, 0.5) is 5.82 Å². The average Bonchev–Trinajstić information content (AvgIpc) is 3.25. The van der Waals surface area contributed by atoms with E-state index in [4.69, 9.17) is 0 Å². The Morgan fingerprint density at radius 2 is 1.79 bits per heavy atom. The zero-order chi connectivity index (χ0) is 23.7. The van der Waals surface area contributed by atoms with Gasteiger partial charge in [0.25, 0.3) is 5.91 Å². The monoisotopic (exact) mass is 464 g/mol. The van der Waals surface area contributed by atoms with E-state index < -0.39 is 6.10 Å². The molecule has 2 aromatic rings. The normalized spacial score (nSPS) is 23.6. The molecule has 2 N–H and O–H groups in total. The minimum atomic E-state index is -0.583. The van der Waals surface area contributed by atoms with Gasteiger partial charge in [0, 0.05) is 58.3 Å². The van der Waals surface area contributed by atoms with E-state index in [-0.39, 0.29) is 23.9 Å². The first-order valence-electron chi connectivity index (χ1n) is 12.1. The van der Waals surface area contributed by atoms with Gasteiger partial charge in [-0.05, 0) is 30.4 Å². The van der Waals surface area contributed by atoms with Crippen LogP contribution in [-0.2, 0) is 17.8 Å². The summed E-state index contributed by atoms with van der Waals surface area (Å²) in [7, 11) is 0. The van der Waals surface area contributed by atoms with Gasteiger partial charge in [-0.2, -0.15) is 0 Å². The Labute approximate surface area is 199 Å². The van der Waals surface area contributed by atoms with Crippen LogP contribution in [0.3, 0.4) is 0 Å². The third-order valence-electron chi connectivity index (χ3n) is 7.35. The van der Waals surface area contributed by atoms with Crippen LogP contribution < -0.4 is 5.32 Å². The van der Waals surface area contributed by atoms with Gasteiger partial charge in [0.05, 0.1) is 12.1 Å². The number of nitrogens with one attached hydrogen (secondary N) is 1. The predicted molar refractivity (Wildman–Crippen MR) is 127 cm³/mol. The van der Waals surface area contributed by atoms with Gasteiger partial charge in [-0.1, -0.05) is 24.3 Å². The molecule has 3 aliphatic rings. The highest BCUT2D eigenvalue weighted by molar-refractivity contribution is 5.93. The van der Waals surface area contributed by atoms with Crippen LogP contribution in [0.2, 0.25) is 0 Å². The number of aliphatic hydroxyl groups excluding tert-OH is 1. The van der Waals surface area contributed by atoms with Gasteiger partial charge >= 0.3 is 0 Å². The molecular formula is C25H32N6O3. The van der Waals surface area contributed by atoms with Gasteiger partial charge in [0.2, 0.25) is 5.91 Å². The lowest BCUT2D eigenvalue weighted by atomic mass is 9.98. The number of nitrogens with zero attached hydrogens (tertiary/aromatic N) is 5. The Kier molecular flexibility index (Phi) is 6.47. The Morgan fingerprint density at radius 1 is 1.03 bits per heavy atom. The zero-order valence-electron chi connectivity index (χ0n) is 19.6. The Morgan fingerprint density at radius 3 is 2.56 bits per heavy atom. The minimum Gasteiger partial charge on any atom is -0.390 e. The number of fused-ring (bicyclic) bond motifs is 1. The second-order valence-corrected chi connectivity index (χ2v) is 9.55. The molecule has 0 radical (unpaired) electrons. The van der Waals surface area contributed by atoms with E-state index in [1.54, 1.807) is 17.9 Å². The summed E-state index contributed by atoms with van der Waals surface area (Å²) in [5.74, 6) is 0.535. The molecule has 2 saturated heterocycles. The topological polar surface area (TPSA) is 102 Å². The Hall–Kier alpha value is -3.04. The molecule has 9 heteroatoms. The number of aromatic nitrogens is 2. The van der Waals surface area contributed by atoms with Crippen molar-refractivity contribution in [2.24, 2.45) is 0 Å². The molecule has 180 valence electrons. The maximum absolute atomic E-state index is 13.2. The van der Waals surface area contributed by atoms with Crippen LogP contribution >= 0.6 is 0 Å². The molecule has 34 heavy (non-hydrogen) atoms. The highest BCUT2D eigenvalue weighted by atomic mass is 16.3. The van der Waals surface area contributed by atoms with Crippen LogP contribution in [0.15, 0.2) is 36.7 Å². The highest BCUT2D eigenvalue weighted by Crippen LogP contribution is 2.26. The largest absolute Gasteiger partial charge is 0.390 e. The summed E-state index contributed by atoms with van der Waals surface area (Å²) in [6, 6.07) is 10.2. The fourth-order valence-electron chi connectivity index (χ4n) is 5.36. The van der Waals surface area contributed by atoms with Gasteiger partial charge < -0.3 is 20.2 Å². The molecule has 0 saturated carbocycles. The summed E-state index contributed by atoms with van der Waals surface area (Å²) in [5.41, 5.74) is 2.99. The fourth-order valence-corrected chi connectivity index (χ4v) is 5.36. The molecule has 2 amide bonds. The van der Waals surface area contributed by atoms with Crippen molar-refractivity contribution in [2.75, 3.05) is 38.0 Å². The summed E-state index contributed by atoms with van der Waals surface area (Å²) >= 11 is 0. The molecule has 1 aromatic heterocycles. The quantitative estimate of drug-likeness (QED) is 0.700. The molecule has 3 aliphatic heterocycles. The number of likely N-dealkylation sites (tertiary alicyclic amines) is 2. The fraction of sp³-hybridized carbons (Fsp3) is 0.520. The maximum atomic E-state index is 13.2. The third-order valence-corrected chi connectivity index (χ3v) is 7.35. The maximum Gasteiger partial charge on any atom is 0.272 e. The number of hydrogen-bond acceptors (Lipinski definition) is 7. The van der Waals surface area contributed by atoms with Gasteiger partial charge in [0.1, 0.15) is 17.8 Å². The van der Waals surface area contributed by atoms with Crippen molar-refractivity contribution in [1.82, 2.24) is 24.7 Å². The summed E-state index contributed by atoms with van der Waals surface area (Å²) in [6.45, 7) is 5.50. The van der Waals surface area contributed by atoms with Crippen molar-refractivity contribution < 1.29 is 14.7 Å².